The molecule has 0 radical (unpaired) electrons. The first-order valence-corrected chi connectivity index (χ1v) is 8.01. The summed E-state index contributed by atoms with van der Waals surface area (Å²) < 4.78 is 4.93. The summed E-state index contributed by atoms with van der Waals surface area (Å²) in [6, 6.07) is -0.584. The van der Waals surface area contributed by atoms with Crippen LogP contribution in [0.3, 0.4) is 0 Å². The number of amides is 3. The van der Waals surface area contributed by atoms with Crippen molar-refractivity contribution in [1.82, 2.24) is 20.9 Å². The molecular weight excluding hydrogens is 320 g/mol. The van der Waals surface area contributed by atoms with Crippen molar-refractivity contribution in [3.63, 3.8) is 0 Å². The van der Waals surface area contributed by atoms with Gasteiger partial charge < -0.3 is 15.4 Å². The van der Waals surface area contributed by atoms with E-state index in [1.165, 1.54) is 6.42 Å². The normalized spacial score (nSPS) is 17.2. The summed E-state index contributed by atoms with van der Waals surface area (Å²) in [6.07, 6.45) is 3.42. The number of hydrogen-bond acceptors (Lipinski definition) is 5. The smallest absolute Gasteiger partial charge is 0.321 e. The molecular formula is C15H31ClN4O3. The number of halogens is 1. The number of rotatable bonds is 8. The van der Waals surface area contributed by atoms with Crippen LogP contribution in [-0.4, -0.2) is 69.8 Å². The van der Waals surface area contributed by atoms with Crippen LogP contribution in [0.1, 0.15) is 26.2 Å². The number of nitrogens with one attached hydrogen (secondary N) is 3. The lowest BCUT2D eigenvalue weighted by molar-refractivity contribution is -0.121. The molecule has 0 saturated carbocycles. The molecule has 136 valence electrons. The van der Waals surface area contributed by atoms with E-state index in [1.807, 2.05) is 14.0 Å². The molecule has 0 aromatic carbocycles. The molecule has 0 aromatic rings. The third-order valence-corrected chi connectivity index (χ3v) is 3.92. The lowest BCUT2D eigenvalue weighted by Crippen LogP contribution is -2.48. The lowest BCUT2D eigenvalue weighted by Gasteiger charge is -2.31. The van der Waals surface area contributed by atoms with Gasteiger partial charge in [0.05, 0.1) is 19.2 Å². The van der Waals surface area contributed by atoms with Crippen LogP contribution in [0, 0.1) is 5.92 Å². The number of carbonyl (C=O) groups is 2. The third kappa shape index (κ3) is 9.76. The van der Waals surface area contributed by atoms with Gasteiger partial charge in [-0.1, -0.05) is 0 Å². The molecule has 1 rings (SSSR count). The fraction of sp³-hybridized carbons (Fsp3) is 0.867. The fourth-order valence-corrected chi connectivity index (χ4v) is 2.70. The fourth-order valence-electron chi connectivity index (χ4n) is 2.70. The van der Waals surface area contributed by atoms with Crippen molar-refractivity contribution in [3.05, 3.63) is 0 Å². The average Bonchev–Trinajstić information content (AvgIpc) is 2.46. The van der Waals surface area contributed by atoms with Gasteiger partial charge in [0.2, 0.25) is 5.91 Å². The number of nitrogens with zero attached hydrogens (tertiary/aromatic N) is 1. The van der Waals surface area contributed by atoms with E-state index >= 15 is 0 Å². The molecule has 1 saturated heterocycles. The zero-order valence-electron chi connectivity index (χ0n) is 14.4. The Hall–Kier alpha value is -0.890. The van der Waals surface area contributed by atoms with Gasteiger partial charge in [0.15, 0.2) is 0 Å². The predicted molar refractivity (Wildman–Crippen MR) is 93.0 cm³/mol. The standard InChI is InChI=1S/C15H30N4O3.ClH/c1-12(11-22-3)17-15(21)18-14(20)10-19-8-5-13(6-9-19)4-7-16-2;/h12-13,16H,4-11H2,1-3H3,(H2,17,18,20,21);1H. The Morgan fingerprint density at radius 1 is 1.30 bits per heavy atom. The van der Waals surface area contributed by atoms with Crippen molar-refractivity contribution in [2.75, 3.05) is 46.9 Å². The summed E-state index contributed by atoms with van der Waals surface area (Å²) in [5.41, 5.74) is 0. The van der Waals surface area contributed by atoms with E-state index in [1.54, 1.807) is 7.11 Å². The maximum atomic E-state index is 11.9. The highest BCUT2D eigenvalue weighted by Gasteiger charge is 2.21. The van der Waals surface area contributed by atoms with Crippen LogP contribution in [0.4, 0.5) is 4.79 Å². The highest BCUT2D eigenvalue weighted by Crippen LogP contribution is 2.19. The Labute approximate surface area is 145 Å². The number of imide groups is 1. The van der Waals surface area contributed by atoms with Crippen LogP contribution < -0.4 is 16.0 Å². The maximum absolute atomic E-state index is 11.9. The molecule has 1 atom stereocenters. The lowest BCUT2D eigenvalue weighted by atomic mass is 9.93. The van der Waals surface area contributed by atoms with Crippen LogP contribution in [0.15, 0.2) is 0 Å². The summed E-state index contributed by atoms with van der Waals surface area (Å²) in [5, 5.41) is 8.20. The monoisotopic (exact) mass is 350 g/mol. The molecule has 1 aliphatic rings. The van der Waals surface area contributed by atoms with Crippen molar-refractivity contribution in [2.24, 2.45) is 5.92 Å². The zero-order valence-corrected chi connectivity index (χ0v) is 15.2. The van der Waals surface area contributed by atoms with Crippen LogP contribution in [0.25, 0.3) is 0 Å². The summed E-state index contributed by atoms with van der Waals surface area (Å²) in [7, 11) is 3.54. The number of likely N-dealkylation sites (tertiary alicyclic amines) is 1. The molecule has 3 amide bonds. The second kappa shape index (κ2) is 12.5. The van der Waals surface area contributed by atoms with E-state index in [4.69, 9.17) is 4.74 Å². The molecule has 1 aliphatic heterocycles. The first-order valence-electron chi connectivity index (χ1n) is 8.01. The highest BCUT2D eigenvalue weighted by molar-refractivity contribution is 5.95. The van der Waals surface area contributed by atoms with E-state index < -0.39 is 6.03 Å². The van der Waals surface area contributed by atoms with Gasteiger partial charge in [-0.25, -0.2) is 4.79 Å². The first-order chi connectivity index (χ1) is 10.5. The Kier molecular flexibility index (Phi) is 12.0. The minimum atomic E-state index is -0.460. The molecule has 7 nitrogen and oxygen atoms in total. The second-order valence-corrected chi connectivity index (χ2v) is 5.99. The number of hydrogen-bond donors (Lipinski definition) is 3. The van der Waals surface area contributed by atoms with Gasteiger partial charge >= 0.3 is 6.03 Å². The first kappa shape index (κ1) is 22.1. The van der Waals surface area contributed by atoms with Gasteiger partial charge in [-0.2, -0.15) is 0 Å². The van der Waals surface area contributed by atoms with Crippen LogP contribution in [-0.2, 0) is 9.53 Å². The van der Waals surface area contributed by atoms with Gasteiger partial charge in [-0.15, -0.1) is 12.4 Å². The quantitative estimate of drug-likeness (QED) is 0.597. The molecule has 0 bridgehead atoms. The van der Waals surface area contributed by atoms with Gasteiger partial charge in [-0.3, -0.25) is 15.0 Å². The Balaban J connectivity index is 0.00000484. The van der Waals surface area contributed by atoms with Crippen molar-refractivity contribution in [3.8, 4) is 0 Å². The third-order valence-electron chi connectivity index (χ3n) is 3.92. The minimum absolute atomic E-state index is 0. The van der Waals surface area contributed by atoms with Gasteiger partial charge in [-0.05, 0) is 58.8 Å². The van der Waals surface area contributed by atoms with Crippen LogP contribution >= 0.6 is 12.4 Å². The largest absolute Gasteiger partial charge is 0.383 e. The topological polar surface area (TPSA) is 82.7 Å². The van der Waals surface area contributed by atoms with Crippen LogP contribution in [0.5, 0.6) is 0 Å². The molecule has 0 spiro atoms. The molecule has 3 N–H and O–H groups in total. The van der Waals surface area contributed by atoms with E-state index in [2.05, 4.69) is 20.9 Å². The van der Waals surface area contributed by atoms with E-state index in [0.717, 1.165) is 38.4 Å². The SMILES string of the molecule is CNCCC1CCN(CC(=O)NC(=O)NC(C)COC)CC1.Cl. The Bertz CT molecular complexity index is 350. The van der Waals surface area contributed by atoms with E-state index in [-0.39, 0.29) is 30.9 Å². The summed E-state index contributed by atoms with van der Waals surface area (Å²) >= 11 is 0. The highest BCUT2D eigenvalue weighted by atomic mass is 35.5. The van der Waals surface area contributed by atoms with Crippen molar-refractivity contribution >= 4 is 24.3 Å². The Morgan fingerprint density at radius 2 is 1.96 bits per heavy atom. The Morgan fingerprint density at radius 3 is 2.52 bits per heavy atom. The van der Waals surface area contributed by atoms with Crippen molar-refractivity contribution in [2.45, 2.75) is 32.2 Å². The molecule has 23 heavy (non-hydrogen) atoms. The van der Waals surface area contributed by atoms with Gasteiger partial charge in [0.1, 0.15) is 0 Å². The van der Waals surface area contributed by atoms with Gasteiger partial charge in [0.25, 0.3) is 0 Å². The second-order valence-electron chi connectivity index (χ2n) is 5.99. The molecule has 1 fully saturated rings. The number of urea groups is 1. The molecule has 1 unspecified atom stereocenters. The predicted octanol–water partition coefficient (Wildman–Crippen LogP) is 0.590. The molecule has 0 aromatic heterocycles. The summed E-state index contributed by atoms with van der Waals surface area (Å²) in [6.45, 7) is 5.41. The summed E-state index contributed by atoms with van der Waals surface area (Å²) in [4.78, 5) is 25.6. The average molecular weight is 351 g/mol. The minimum Gasteiger partial charge on any atom is -0.383 e. The molecule has 1 heterocycles. The number of carbonyl (C=O) groups excluding carboxylic acids is 2. The molecule has 0 aliphatic carbocycles. The van der Waals surface area contributed by atoms with Crippen molar-refractivity contribution < 1.29 is 14.3 Å². The van der Waals surface area contributed by atoms with Gasteiger partial charge in [0, 0.05) is 7.11 Å². The molecule has 8 heteroatoms. The van der Waals surface area contributed by atoms with E-state index in [0.29, 0.717) is 6.61 Å². The van der Waals surface area contributed by atoms with Crippen molar-refractivity contribution in [1.29, 1.82) is 0 Å². The summed E-state index contributed by atoms with van der Waals surface area (Å²) in [5.74, 6) is 0.487. The number of methoxy groups -OCH3 is 1. The maximum Gasteiger partial charge on any atom is 0.321 e. The zero-order chi connectivity index (χ0) is 16.4. The van der Waals surface area contributed by atoms with E-state index in [9.17, 15) is 9.59 Å². The number of ether oxygens (including phenoxy) is 1. The van der Waals surface area contributed by atoms with Crippen LogP contribution in [0.2, 0.25) is 0 Å². The number of piperidine rings is 1.